The second-order valence-corrected chi connectivity index (χ2v) is 5.97. The molecule has 0 atom stereocenters. The molecule has 1 aromatic rings. The lowest BCUT2D eigenvalue weighted by molar-refractivity contribution is -0.163. The van der Waals surface area contributed by atoms with Crippen molar-refractivity contribution in [3.8, 4) is 0 Å². The molecular formula is C17H24O2. The van der Waals surface area contributed by atoms with Gasteiger partial charge in [-0.2, -0.15) is 0 Å². The summed E-state index contributed by atoms with van der Waals surface area (Å²) < 4.78 is 5.59. The predicted molar refractivity (Wildman–Crippen MR) is 79.7 cm³/mol. The quantitative estimate of drug-likeness (QED) is 0.731. The highest BCUT2D eigenvalue weighted by atomic mass is 16.6. The molecule has 0 N–H and O–H groups in total. The maximum atomic E-state index is 12.1. The number of hydrogen-bond acceptors (Lipinski definition) is 2. The summed E-state index contributed by atoms with van der Waals surface area (Å²) in [5.74, 6) is -0.155. The van der Waals surface area contributed by atoms with Crippen molar-refractivity contribution in [3.63, 3.8) is 0 Å². The van der Waals surface area contributed by atoms with Gasteiger partial charge in [-0.3, -0.25) is 4.79 Å². The largest absolute Gasteiger partial charge is 0.455 e. The molecule has 0 aliphatic carbocycles. The second kappa shape index (κ2) is 6.05. The minimum absolute atomic E-state index is 0.155. The van der Waals surface area contributed by atoms with Crippen molar-refractivity contribution < 1.29 is 9.53 Å². The lowest BCUT2D eigenvalue weighted by atomic mass is 9.90. The van der Waals surface area contributed by atoms with Crippen molar-refractivity contribution in [1.82, 2.24) is 0 Å². The van der Waals surface area contributed by atoms with Gasteiger partial charge in [0.05, 0.1) is 5.41 Å². The van der Waals surface area contributed by atoms with Crippen molar-refractivity contribution in [1.29, 1.82) is 0 Å². The van der Waals surface area contributed by atoms with Crippen LogP contribution < -0.4 is 0 Å². The Bertz CT molecular complexity index is 442. The zero-order valence-electron chi connectivity index (χ0n) is 12.6. The van der Waals surface area contributed by atoms with Gasteiger partial charge in [0, 0.05) is 0 Å². The molecule has 0 saturated heterocycles. The van der Waals surface area contributed by atoms with Crippen molar-refractivity contribution >= 4 is 12.0 Å². The Morgan fingerprint density at radius 2 is 1.74 bits per heavy atom. The second-order valence-electron chi connectivity index (χ2n) is 5.97. The zero-order valence-corrected chi connectivity index (χ0v) is 12.6. The number of carbonyl (C=O) groups is 1. The molecule has 0 fully saturated rings. The Balaban J connectivity index is 2.72. The summed E-state index contributed by atoms with van der Waals surface area (Å²) in [6, 6.07) is 9.98. The van der Waals surface area contributed by atoms with E-state index in [4.69, 9.17) is 4.74 Å². The molecule has 0 aliphatic heterocycles. The fourth-order valence-electron chi connectivity index (χ4n) is 1.42. The van der Waals surface area contributed by atoms with E-state index < -0.39 is 11.0 Å². The highest BCUT2D eigenvalue weighted by molar-refractivity contribution is 5.76. The zero-order chi connectivity index (χ0) is 14.5. The molecule has 0 radical (unpaired) electrons. The maximum absolute atomic E-state index is 12.1. The standard InChI is InChI=1S/C17H24O2/c1-6-16(2,3)15(18)19-17(4,5)13-12-14-10-8-7-9-11-14/h7-13H,6H2,1-5H3/b13-12+. The van der Waals surface area contributed by atoms with Crippen molar-refractivity contribution in [3.05, 3.63) is 42.0 Å². The Labute approximate surface area is 116 Å². The van der Waals surface area contributed by atoms with Gasteiger partial charge in [0.25, 0.3) is 0 Å². The average Bonchev–Trinajstić information content (AvgIpc) is 2.37. The minimum atomic E-state index is -0.598. The molecule has 19 heavy (non-hydrogen) atoms. The van der Waals surface area contributed by atoms with E-state index in [0.29, 0.717) is 0 Å². The minimum Gasteiger partial charge on any atom is -0.455 e. The smallest absolute Gasteiger partial charge is 0.312 e. The first-order valence-corrected chi connectivity index (χ1v) is 6.74. The first-order chi connectivity index (χ1) is 8.77. The summed E-state index contributed by atoms with van der Waals surface area (Å²) in [5, 5.41) is 0. The van der Waals surface area contributed by atoms with E-state index in [9.17, 15) is 4.79 Å². The van der Waals surface area contributed by atoms with Crippen LogP contribution in [0.4, 0.5) is 0 Å². The molecule has 0 heterocycles. The number of rotatable bonds is 5. The third-order valence-electron chi connectivity index (χ3n) is 3.27. The molecule has 0 saturated carbocycles. The number of ether oxygens (including phenoxy) is 1. The van der Waals surface area contributed by atoms with Gasteiger partial charge in [-0.1, -0.05) is 43.3 Å². The van der Waals surface area contributed by atoms with Gasteiger partial charge in [-0.05, 0) is 45.8 Å². The van der Waals surface area contributed by atoms with Gasteiger partial charge in [0.2, 0.25) is 0 Å². The molecule has 0 spiro atoms. The Morgan fingerprint density at radius 1 is 1.16 bits per heavy atom. The molecule has 2 heteroatoms. The van der Waals surface area contributed by atoms with Crippen LogP contribution in [-0.4, -0.2) is 11.6 Å². The lowest BCUT2D eigenvalue weighted by Gasteiger charge is -2.28. The Morgan fingerprint density at radius 3 is 2.26 bits per heavy atom. The summed E-state index contributed by atoms with van der Waals surface area (Å²) in [4.78, 5) is 12.1. The third kappa shape index (κ3) is 4.90. The lowest BCUT2D eigenvalue weighted by Crippen LogP contribution is -2.34. The van der Waals surface area contributed by atoms with E-state index in [0.717, 1.165) is 12.0 Å². The van der Waals surface area contributed by atoms with E-state index in [1.54, 1.807) is 0 Å². The highest BCUT2D eigenvalue weighted by Gasteiger charge is 2.31. The van der Waals surface area contributed by atoms with Crippen LogP contribution in [-0.2, 0) is 9.53 Å². The van der Waals surface area contributed by atoms with Crippen LogP contribution in [0.5, 0.6) is 0 Å². The number of carbonyl (C=O) groups excluding carboxylic acids is 1. The average molecular weight is 260 g/mol. The summed E-state index contributed by atoms with van der Waals surface area (Å²) >= 11 is 0. The van der Waals surface area contributed by atoms with Crippen LogP contribution in [0.3, 0.4) is 0 Å². The summed E-state index contributed by atoms with van der Waals surface area (Å²) in [6.07, 6.45) is 4.67. The predicted octanol–water partition coefficient (Wildman–Crippen LogP) is 4.46. The first kappa shape index (κ1) is 15.5. The molecule has 0 bridgehead atoms. The molecule has 0 amide bonds. The van der Waals surface area contributed by atoms with E-state index in [2.05, 4.69) is 0 Å². The van der Waals surface area contributed by atoms with Crippen molar-refractivity contribution in [2.45, 2.75) is 46.6 Å². The maximum Gasteiger partial charge on any atom is 0.312 e. The van der Waals surface area contributed by atoms with Crippen molar-refractivity contribution in [2.24, 2.45) is 5.41 Å². The molecule has 104 valence electrons. The van der Waals surface area contributed by atoms with E-state index in [1.807, 2.05) is 77.1 Å². The fraction of sp³-hybridized carbons (Fsp3) is 0.471. The molecule has 0 unspecified atom stereocenters. The Hall–Kier alpha value is -1.57. The van der Waals surface area contributed by atoms with Crippen molar-refractivity contribution in [2.75, 3.05) is 0 Å². The molecule has 0 aliphatic rings. The number of esters is 1. The molecular weight excluding hydrogens is 236 g/mol. The van der Waals surface area contributed by atoms with Crippen LogP contribution in [0.2, 0.25) is 0 Å². The molecule has 1 rings (SSSR count). The van der Waals surface area contributed by atoms with Gasteiger partial charge in [0.15, 0.2) is 0 Å². The van der Waals surface area contributed by atoms with Gasteiger partial charge < -0.3 is 4.74 Å². The van der Waals surface area contributed by atoms with Gasteiger partial charge in [0.1, 0.15) is 5.60 Å². The summed E-state index contributed by atoms with van der Waals surface area (Å²) in [7, 11) is 0. The summed E-state index contributed by atoms with van der Waals surface area (Å²) in [5.41, 5.74) is 0.0680. The SMILES string of the molecule is CCC(C)(C)C(=O)OC(C)(C)/C=C/c1ccccc1. The monoisotopic (exact) mass is 260 g/mol. The highest BCUT2D eigenvalue weighted by Crippen LogP contribution is 2.25. The Kier molecular flexibility index (Phi) is 4.93. The van der Waals surface area contributed by atoms with Crippen LogP contribution in [0.1, 0.15) is 46.6 Å². The van der Waals surface area contributed by atoms with Gasteiger partial charge >= 0.3 is 5.97 Å². The van der Waals surface area contributed by atoms with E-state index >= 15 is 0 Å². The third-order valence-corrected chi connectivity index (χ3v) is 3.27. The number of hydrogen-bond donors (Lipinski definition) is 0. The van der Waals surface area contributed by atoms with Crippen LogP contribution in [0, 0.1) is 5.41 Å². The number of benzene rings is 1. The van der Waals surface area contributed by atoms with E-state index in [1.165, 1.54) is 0 Å². The normalized spacial score (nSPS) is 12.7. The first-order valence-electron chi connectivity index (χ1n) is 6.74. The van der Waals surface area contributed by atoms with Crippen LogP contribution >= 0.6 is 0 Å². The topological polar surface area (TPSA) is 26.3 Å². The van der Waals surface area contributed by atoms with Gasteiger partial charge in [-0.25, -0.2) is 0 Å². The molecule has 2 nitrogen and oxygen atoms in total. The molecule has 0 aromatic heterocycles. The molecule has 1 aromatic carbocycles. The van der Waals surface area contributed by atoms with E-state index in [-0.39, 0.29) is 5.97 Å². The van der Waals surface area contributed by atoms with Gasteiger partial charge in [-0.15, -0.1) is 0 Å². The van der Waals surface area contributed by atoms with Crippen LogP contribution in [0.25, 0.3) is 6.08 Å². The fourth-order valence-corrected chi connectivity index (χ4v) is 1.42. The van der Waals surface area contributed by atoms with Crippen LogP contribution in [0.15, 0.2) is 36.4 Å². The summed E-state index contributed by atoms with van der Waals surface area (Å²) in [6.45, 7) is 9.61.